The number of hydrogen-bond acceptors (Lipinski definition) is 6. The first-order chi connectivity index (χ1) is 23.8. The number of hydrogen-bond donors (Lipinski definition) is 3. The summed E-state index contributed by atoms with van der Waals surface area (Å²) < 4.78 is 6.12. The van der Waals surface area contributed by atoms with Crippen LogP contribution in [0, 0.1) is 31.6 Å². The third-order valence-electron chi connectivity index (χ3n) is 9.99. The van der Waals surface area contributed by atoms with Crippen molar-refractivity contribution in [2.24, 2.45) is 27.7 Å². The zero-order valence-electron chi connectivity index (χ0n) is 28.1. The number of aliphatic imine (C=N–C) groups is 2. The van der Waals surface area contributed by atoms with Crippen molar-refractivity contribution >= 4 is 11.7 Å². The Hall–Kier alpha value is -5.88. The van der Waals surface area contributed by atoms with E-state index in [1.54, 1.807) is 7.11 Å². The highest BCUT2D eigenvalue weighted by atomic mass is 16.5. The van der Waals surface area contributed by atoms with Gasteiger partial charge in [-0.05, 0) is 49.3 Å². The second kappa shape index (κ2) is 12.0. The number of benzene rings is 2. The van der Waals surface area contributed by atoms with Crippen molar-refractivity contribution in [2.45, 2.75) is 20.8 Å². The van der Waals surface area contributed by atoms with Crippen LogP contribution in [0.2, 0.25) is 0 Å². The molecular formula is C43H38N4O2. The maximum absolute atomic E-state index is 12.0. The Morgan fingerprint density at radius 3 is 2.12 bits per heavy atom. The molecule has 242 valence electrons. The number of aliphatic hydroxyl groups is 1. The van der Waals surface area contributed by atoms with Gasteiger partial charge in [-0.1, -0.05) is 110 Å². The van der Waals surface area contributed by atoms with Crippen LogP contribution in [0.15, 0.2) is 188 Å². The summed E-state index contributed by atoms with van der Waals surface area (Å²) in [7, 11) is 1.68. The lowest BCUT2D eigenvalue weighted by atomic mass is 9.68. The van der Waals surface area contributed by atoms with Gasteiger partial charge in [0.05, 0.1) is 24.1 Å². The maximum Gasteiger partial charge on any atom is 0.138 e. The molecule has 0 amide bonds. The fraction of sp³-hybridized carbons (Fsp3) is 0.163. The Morgan fingerprint density at radius 2 is 1.43 bits per heavy atom. The lowest BCUT2D eigenvalue weighted by Gasteiger charge is -2.39. The topological polar surface area (TPSA) is 78.2 Å². The highest BCUT2D eigenvalue weighted by molar-refractivity contribution is 6.02. The molecule has 0 fully saturated rings. The van der Waals surface area contributed by atoms with Crippen molar-refractivity contribution in [2.75, 3.05) is 7.11 Å². The molecule has 4 aliphatic carbocycles. The van der Waals surface area contributed by atoms with E-state index in [4.69, 9.17) is 14.7 Å². The minimum absolute atomic E-state index is 0.000664. The number of amidine groups is 2. The first-order valence-corrected chi connectivity index (χ1v) is 16.7. The van der Waals surface area contributed by atoms with Crippen molar-refractivity contribution < 1.29 is 9.84 Å². The molecule has 0 radical (unpaired) electrons. The highest BCUT2D eigenvalue weighted by Gasteiger charge is 2.43. The summed E-state index contributed by atoms with van der Waals surface area (Å²) in [5, 5.41) is 19.1. The van der Waals surface area contributed by atoms with Crippen LogP contribution in [0.3, 0.4) is 0 Å². The van der Waals surface area contributed by atoms with Gasteiger partial charge in [-0.2, -0.15) is 0 Å². The van der Waals surface area contributed by atoms with Crippen LogP contribution in [0.4, 0.5) is 0 Å². The van der Waals surface area contributed by atoms with Gasteiger partial charge in [-0.3, -0.25) is 0 Å². The number of fused-ring (bicyclic) bond motifs is 2. The van der Waals surface area contributed by atoms with Gasteiger partial charge >= 0.3 is 0 Å². The van der Waals surface area contributed by atoms with Gasteiger partial charge in [-0.25, -0.2) is 9.98 Å². The average molecular weight is 643 g/mol. The second-order valence-corrected chi connectivity index (χ2v) is 13.1. The monoisotopic (exact) mass is 642 g/mol. The molecular weight excluding hydrogens is 604 g/mol. The van der Waals surface area contributed by atoms with E-state index in [0.29, 0.717) is 17.0 Å². The molecule has 8 rings (SSSR count). The molecule has 6 heteroatoms. The van der Waals surface area contributed by atoms with Crippen molar-refractivity contribution in [1.82, 2.24) is 10.6 Å². The number of rotatable bonds is 5. The second-order valence-electron chi connectivity index (χ2n) is 13.1. The molecule has 3 atom stereocenters. The lowest BCUT2D eigenvalue weighted by Crippen LogP contribution is -2.36. The summed E-state index contributed by atoms with van der Waals surface area (Å²) >= 11 is 0. The van der Waals surface area contributed by atoms with Gasteiger partial charge in [0, 0.05) is 51.4 Å². The van der Waals surface area contributed by atoms with Crippen molar-refractivity contribution in [3.63, 3.8) is 0 Å². The first kappa shape index (κ1) is 30.5. The molecule has 6 nitrogen and oxygen atoms in total. The maximum atomic E-state index is 12.0. The Balaban J connectivity index is 1.15. The van der Waals surface area contributed by atoms with E-state index in [9.17, 15) is 5.11 Å². The Bertz CT molecular complexity index is 2190. The number of nitrogens with one attached hydrogen (secondary N) is 2. The highest BCUT2D eigenvalue weighted by Crippen LogP contribution is 2.51. The predicted octanol–water partition coefficient (Wildman–Crippen LogP) is 8.40. The molecule has 6 aliphatic rings. The summed E-state index contributed by atoms with van der Waals surface area (Å²) in [5.74, 6) is 2.37. The van der Waals surface area contributed by atoms with Crippen LogP contribution in [-0.4, -0.2) is 23.9 Å². The molecule has 3 unspecified atom stereocenters. The summed E-state index contributed by atoms with van der Waals surface area (Å²) in [6, 6.07) is 16.7. The molecule has 0 aromatic heterocycles. The zero-order chi connectivity index (χ0) is 33.8. The molecule has 2 aromatic rings. The van der Waals surface area contributed by atoms with Gasteiger partial charge < -0.3 is 20.5 Å². The van der Waals surface area contributed by atoms with E-state index in [0.717, 1.165) is 62.2 Å². The third-order valence-corrected chi connectivity index (χ3v) is 9.99. The molecule has 0 spiro atoms. The van der Waals surface area contributed by atoms with E-state index in [-0.39, 0.29) is 23.5 Å². The van der Waals surface area contributed by atoms with Gasteiger partial charge in [0.15, 0.2) is 0 Å². The van der Waals surface area contributed by atoms with Crippen LogP contribution in [0.5, 0.6) is 0 Å². The summed E-state index contributed by atoms with van der Waals surface area (Å²) in [4.78, 5) is 9.91. The van der Waals surface area contributed by atoms with Gasteiger partial charge in [-0.15, -0.1) is 0 Å². The van der Waals surface area contributed by atoms with Gasteiger partial charge in [0.1, 0.15) is 23.2 Å². The molecule has 0 saturated carbocycles. The molecule has 49 heavy (non-hydrogen) atoms. The average Bonchev–Trinajstić information content (AvgIpc) is 3.10. The smallest absolute Gasteiger partial charge is 0.138 e. The van der Waals surface area contributed by atoms with E-state index in [1.165, 1.54) is 11.1 Å². The Morgan fingerprint density at radius 1 is 0.755 bits per heavy atom. The van der Waals surface area contributed by atoms with Gasteiger partial charge in [0.25, 0.3) is 0 Å². The quantitative estimate of drug-likeness (QED) is 0.306. The third kappa shape index (κ3) is 5.21. The zero-order valence-corrected chi connectivity index (χ0v) is 28.1. The normalized spacial score (nSPS) is 27.2. The molecule has 2 aromatic carbocycles. The van der Waals surface area contributed by atoms with E-state index in [1.807, 2.05) is 18.2 Å². The molecule has 3 N–H and O–H groups in total. The van der Waals surface area contributed by atoms with Crippen LogP contribution in [0.1, 0.15) is 29.2 Å². The number of methoxy groups -OCH3 is 1. The van der Waals surface area contributed by atoms with E-state index < -0.39 is 0 Å². The summed E-state index contributed by atoms with van der Waals surface area (Å²) in [5.41, 5.74) is 12.6. The predicted molar refractivity (Wildman–Crippen MR) is 197 cm³/mol. The van der Waals surface area contributed by atoms with E-state index in [2.05, 4.69) is 129 Å². The van der Waals surface area contributed by atoms with Crippen LogP contribution >= 0.6 is 0 Å². The van der Waals surface area contributed by atoms with Gasteiger partial charge in [0.2, 0.25) is 0 Å². The van der Waals surface area contributed by atoms with Crippen LogP contribution in [-0.2, 0) is 4.74 Å². The standard InChI is InChI=1S/C43H38N4O2/c1-24-12-17-28(18-13-24)42-44-26(3)16-21-32(30-8-6-10-34(45-42)27(30)4)38-40(48)39(41(38)49-5)33-22-23-36-37-31(33)9-7-11-35(37)46-43(47-36)29-19-14-25(2)15-20-29/h6-23,27,31,33,48H,3H2,1-2,4-5H3,(H,44,45)(H,46,47)/b21-16-,32-30+. The summed E-state index contributed by atoms with van der Waals surface area (Å²) in [6.45, 7) is 10.6. The number of aliphatic hydroxyl groups excluding tert-OH is 1. The molecule has 2 heterocycles. The number of ether oxygens (including phenoxy) is 1. The number of allylic oxidation sites excluding steroid dienone is 14. The number of nitrogens with zero attached hydrogens (tertiary/aromatic N) is 2. The largest absolute Gasteiger partial charge is 0.507 e. The first-order valence-electron chi connectivity index (χ1n) is 16.7. The minimum Gasteiger partial charge on any atom is -0.507 e. The minimum atomic E-state index is -0.127. The van der Waals surface area contributed by atoms with Crippen molar-refractivity contribution in [3.05, 3.63) is 200 Å². The van der Waals surface area contributed by atoms with Crippen molar-refractivity contribution in [1.29, 1.82) is 0 Å². The Kier molecular flexibility index (Phi) is 7.44. The lowest BCUT2D eigenvalue weighted by molar-refractivity contribution is 0.261. The molecule has 2 aliphatic heterocycles. The number of aryl methyl sites for hydroxylation is 2. The van der Waals surface area contributed by atoms with Crippen LogP contribution in [0.25, 0.3) is 0 Å². The fourth-order valence-electron chi connectivity index (χ4n) is 7.33. The Labute approximate surface area is 287 Å². The van der Waals surface area contributed by atoms with E-state index >= 15 is 0 Å². The SMILES string of the molecule is C=C1/C=C\C(C2=C(O)C(C3C=CC4=C5C(=CC=CC53)NC(c3ccc(C)cc3)=N4)=C2OC)=C2\C=CC=C(N/C(c3ccc(C)cc3)=N\1)C2C. The molecule has 2 bridgehead atoms. The summed E-state index contributed by atoms with van der Waals surface area (Å²) in [6.07, 6.45) is 20.8. The fourth-order valence-corrected chi connectivity index (χ4v) is 7.33. The van der Waals surface area contributed by atoms with Crippen molar-refractivity contribution in [3.8, 4) is 0 Å². The molecule has 0 saturated heterocycles. The van der Waals surface area contributed by atoms with Crippen LogP contribution < -0.4 is 10.6 Å².